The quantitative estimate of drug-likeness (QED) is 0.877. The molecule has 0 radical (unpaired) electrons. The molecule has 1 atom stereocenters. The molecule has 0 saturated carbocycles. The van der Waals surface area contributed by atoms with Gasteiger partial charge in [0.2, 0.25) is 0 Å². The maximum absolute atomic E-state index is 6.30. The summed E-state index contributed by atoms with van der Waals surface area (Å²) in [6.45, 7) is 4.12. The smallest absolute Gasteiger partial charge is 0.0837 e. The molecular weight excluding hydrogens is 317 g/mol. The summed E-state index contributed by atoms with van der Waals surface area (Å²) in [5.41, 5.74) is 1.86. The Hall–Kier alpha value is -0.740. The van der Waals surface area contributed by atoms with Crippen molar-refractivity contribution in [1.82, 2.24) is 15.1 Å². The second kappa shape index (κ2) is 6.35. The Kier molecular flexibility index (Phi) is 4.97. The summed E-state index contributed by atoms with van der Waals surface area (Å²) in [6, 6.07) is 5.55. The zero-order valence-electron chi connectivity index (χ0n) is 11.5. The van der Waals surface area contributed by atoms with Crippen LogP contribution in [0.1, 0.15) is 37.2 Å². The highest BCUT2D eigenvalue weighted by Crippen LogP contribution is 2.32. The SMILES string of the molecule is CNC(c1cc(Cl)cc(Cl)c1)c1c(Cl)cnn1C(C)C. The molecule has 0 aliphatic carbocycles. The monoisotopic (exact) mass is 331 g/mol. The molecule has 1 aromatic heterocycles. The van der Waals surface area contributed by atoms with Gasteiger partial charge in [-0.1, -0.05) is 34.8 Å². The molecule has 0 bridgehead atoms. The molecule has 2 rings (SSSR count). The molecule has 2 aromatic rings. The van der Waals surface area contributed by atoms with Gasteiger partial charge < -0.3 is 5.32 Å². The van der Waals surface area contributed by atoms with Crippen LogP contribution in [0, 0.1) is 0 Å². The van der Waals surface area contributed by atoms with E-state index in [-0.39, 0.29) is 12.1 Å². The van der Waals surface area contributed by atoms with Gasteiger partial charge in [-0.2, -0.15) is 5.10 Å². The summed E-state index contributed by atoms with van der Waals surface area (Å²) >= 11 is 18.5. The summed E-state index contributed by atoms with van der Waals surface area (Å²) in [4.78, 5) is 0. The summed E-state index contributed by atoms with van der Waals surface area (Å²) in [5, 5.41) is 9.40. The summed E-state index contributed by atoms with van der Waals surface area (Å²) in [7, 11) is 1.87. The number of hydrogen-bond donors (Lipinski definition) is 1. The Morgan fingerprint density at radius 2 is 1.70 bits per heavy atom. The highest BCUT2D eigenvalue weighted by atomic mass is 35.5. The van der Waals surface area contributed by atoms with E-state index in [2.05, 4.69) is 24.3 Å². The van der Waals surface area contributed by atoms with E-state index in [4.69, 9.17) is 34.8 Å². The van der Waals surface area contributed by atoms with Crippen molar-refractivity contribution in [3.8, 4) is 0 Å². The van der Waals surface area contributed by atoms with Crippen LogP contribution in [0.25, 0.3) is 0 Å². The lowest BCUT2D eigenvalue weighted by atomic mass is 10.0. The minimum absolute atomic E-state index is 0.122. The van der Waals surface area contributed by atoms with Gasteiger partial charge in [-0.15, -0.1) is 0 Å². The third-order valence-corrected chi connectivity index (χ3v) is 3.78. The predicted molar refractivity (Wildman–Crippen MR) is 85.0 cm³/mol. The number of aromatic nitrogens is 2. The van der Waals surface area contributed by atoms with E-state index in [1.807, 2.05) is 23.9 Å². The first-order chi connectivity index (χ1) is 9.43. The molecule has 6 heteroatoms. The number of hydrogen-bond acceptors (Lipinski definition) is 2. The van der Waals surface area contributed by atoms with Gasteiger partial charge in [0, 0.05) is 16.1 Å². The molecule has 0 amide bonds. The fraction of sp³-hybridized carbons (Fsp3) is 0.357. The zero-order chi connectivity index (χ0) is 14.9. The Morgan fingerprint density at radius 1 is 1.10 bits per heavy atom. The van der Waals surface area contributed by atoms with Crippen molar-refractivity contribution >= 4 is 34.8 Å². The fourth-order valence-electron chi connectivity index (χ4n) is 2.24. The first-order valence-corrected chi connectivity index (χ1v) is 7.43. The highest BCUT2D eigenvalue weighted by molar-refractivity contribution is 6.34. The van der Waals surface area contributed by atoms with Crippen molar-refractivity contribution in [2.45, 2.75) is 25.9 Å². The highest BCUT2D eigenvalue weighted by Gasteiger charge is 2.22. The van der Waals surface area contributed by atoms with Gasteiger partial charge in [-0.3, -0.25) is 4.68 Å². The number of nitrogens with zero attached hydrogens (tertiary/aromatic N) is 2. The topological polar surface area (TPSA) is 29.9 Å². The average molecular weight is 333 g/mol. The third kappa shape index (κ3) is 3.12. The Labute approximate surface area is 133 Å². The summed E-state index contributed by atoms with van der Waals surface area (Å²) < 4.78 is 1.90. The van der Waals surface area contributed by atoms with Crippen LogP contribution in [-0.2, 0) is 0 Å². The maximum Gasteiger partial charge on any atom is 0.0837 e. The molecule has 0 aliphatic rings. The molecule has 108 valence electrons. The van der Waals surface area contributed by atoms with Crippen LogP contribution in [0.3, 0.4) is 0 Å². The second-order valence-electron chi connectivity index (χ2n) is 4.84. The minimum atomic E-state index is -0.122. The van der Waals surface area contributed by atoms with Gasteiger partial charge in [0.25, 0.3) is 0 Å². The molecule has 0 fully saturated rings. The lowest BCUT2D eigenvalue weighted by Gasteiger charge is -2.21. The first-order valence-electron chi connectivity index (χ1n) is 6.30. The zero-order valence-corrected chi connectivity index (χ0v) is 13.8. The van der Waals surface area contributed by atoms with E-state index < -0.39 is 0 Å². The molecule has 0 aliphatic heterocycles. The molecule has 1 aromatic carbocycles. The van der Waals surface area contributed by atoms with E-state index in [0.717, 1.165) is 11.3 Å². The van der Waals surface area contributed by atoms with Crippen LogP contribution in [0.15, 0.2) is 24.4 Å². The van der Waals surface area contributed by atoms with E-state index in [1.165, 1.54) is 0 Å². The van der Waals surface area contributed by atoms with Crippen molar-refractivity contribution in [2.24, 2.45) is 0 Å². The molecular formula is C14H16Cl3N3. The first kappa shape index (κ1) is 15.6. The largest absolute Gasteiger partial charge is 0.308 e. The number of nitrogens with one attached hydrogen (secondary N) is 1. The van der Waals surface area contributed by atoms with E-state index in [1.54, 1.807) is 12.3 Å². The Bertz CT molecular complexity index is 587. The lowest BCUT2D eigenvalue weighted by molar-refractivity contribution is 0.484. The van der Waals surface area contributed by atoms with Crippen LogP contribution < -0.4 is 5.32 Å². The van der Waals surface area contributed by atoms with Gasteiger partial charge >= 0.3 is 0 Å². The minimum Gasteiger partial charge on any atom is -0.308 e. The second-order valence-corrected chi connectivity index (χ2v) is 6.12. The van der Waals surface area contributed by atoms with E-state index in [0.29, 0.717) is 15.1 Å². The standard InChI is InChI=1S/C14H16Cl3N3/c1-8(2)20-14(12(17)7-19-20)13(18-3)9-4-10(15)6-11(16)5-9/h4-8,13,18H,1-3H3. The van der Waals surface area contributed by atoms with Crippen LogP contribution in [0.5, 0.6) is 0 Å². The van der Waals surface area contributed by atoms with Crippen molar-refractivity contribution < 1.29 is 0 Å². The molecule has 1 heterocycles. The third-order valence-electron chi connectivity index (χ3n) is 3.06. The molecule has 0 spiro atoms. The van der Waals surface area contributed by atoms with E-state index >= 15 is 0 Å². The number of benzene rings is 1. The van der Waals surface area contributed by atoms with E-state index in [9.17, 15) is 0 Å². The number of rotatable bonds is 4. The van der Waals surface area contributed by atoms with Crippen LogP contribution in [0.2, 0.25) is 15.1 Å². The van der Waals surface area contributed by atoms with Crippen molar-refractivity contribution in [3.05, 3.63) is 50.7 Å². The lowest BCUT2D eigenvalue weighted by Crippen LogP contribution is -2.22. The van der Waals surface area contributed by atoms with Gasteiger partial charge in [-0.05, 0) is 44.7 Å². The Balaban J connectivity index is 2.55. The summed E-state index contributed by atoms with van der Waals surface area (Å²) in [6.07, 6.45) is 1.66. The van der Waals surface area contributed by atoms with Gasteiger partial charge in [0.1, 0.15) is 0 Å². The van der Waals surface area contributed by atoms with Crippen LogP contribution >= 0.6 is 34.8 Å². The molecule has 1 unspecified atom stereocenters. The summed E-state index contributed by atoms with van der Waals surface area (Å²) in [5.74, 6) is 0. The van der Waals surface area contributed by atoms with Gasteiger partial charge in [0.05, 0.1) is 23.0 Å². The molecule has 20 heavy (non-hydrogen) atoms. The molecule has 1 N–H and O–H groups in total. The van der Waals surface area contributed by atoms with Gasteiger partial charge in [-0.25, -0.2) is 0 Å². The fourth-order valence-corrected chi connectivity index (χ4v) is 3.02. The molecule has 0 saturated heterocycles. The van der Waals surface area contributed by atoms with Crippen LogP contribution in [-0.4, -0.2) is 16.8 Å². The van der Waals surface area contributed by atoms with Crippen LogP contribution in [0.4, 0.5) is 0 Å². The average Bonchev–Trinajstić information content (AvgIpc) is 2.72. The van der Waals surface area contributed by atoms with Gasteiger partial charge in [0.15, 0.2) is 0 Å². The van der Waals surface area contributed by atoms with Crippen molar-refractivity contribution in [2.75, 3.05) is 7.05 Å². The molecule has 3 nitrogen and oxygen atoms in total. The number of halogens is 3. The van der Waals surface area contributed by atoms with Crippen molar-refractivity contribution in [3.63, 3.8) is 0 Å². The normalized spacial score (nSPS) is 12.9. The predicted octanol–water partition coefficient (Wildman–Crippen LogP) is 4.73. The van der Waals surface area contributed by atoms with Crippen molar-refractivity contribution in [1.29, 1.82) is 0 Å². The Morgan fingerprint density at radius 3 is 2.20 bits per heavy atom. The maximum atomic E-state index is 6.30.